The lowest BCUT2D eigenvalue weighted by molar-refractivity contribution is 0.109. The maximum atomic E-state index is 11.0. The van der Waals surface area contributed by atoms with Crippen LogP contribution in [0.25, 0.3) is 0 Å². The van der Waals surface area contributed by atoms with Crippen molar-refractivity contribution in [3.8, 4) is 0 Å². The van der Waals surface area contributed by atoms with Gasteiger partial charge in [0.25, 0.3) is 0 Å². The van der Waals surface area contributed by atoms with E-state index < -0.39 is 10.0 Å². The van der Waals surface area contributed by atoms with Gasteiger partial charge in [0.05, 0.1) is 12.3 Å². The first-order chi connectivity index (χ1) is 10.9. The highest BCUT2D eigenvalue weighted by molar-refractivity contribution is 7.89. The van der Waals surface area contributed by atoms with Crippen molar-refractivity contribution in [1.29, 1.82) is 0 Å². The first kappa shape index (κ1) is 18.3. The van der Waals surface area contributed by atoms with Crippen molar-refractivity contribution in [2.24, 2.45) is 5.14 Å². The molecule has 0 radical (unpaired) electrons. The molecule has 1 aliphatic heterocycles. The third kappa shape index (κ3) is 6.17. The van der Waals surface area contributed by atoms with Crippen molar-refractivity contribution in [1.82, 2.24) is 19.9 Å². The molecule has 1 saturated heterocycles. The summed E-state index contributed by atoms with van der Waals surface area (Å²) in [6.07, 6.45) is 3.55. The van der Waals surface area contributed by atoms with Gasteiger partial charge in [-0.25, -0.2) is 13.6 Å². The normalized spacial score (nSPS) is 20.3. The molecule has 2 N–H and O–H groups in total. The standard InChI is InChI=1S/C14H27N5O3S/c1-3-14-16-13(17-22-14)11-19-8-4-6-12(10-19)18(2)7-5-9-23(15,20)21/h12H,3-11H2,1-2H3,(H2,15,20,21)/t12-/m1/s1. The van der Waals surface area contributed by atoms with Crippen LogP contribution < -0.4 is 5.14 Å². The molecule has 0 spiro atoms. The molecular formula is C14H27N5O3S. The molecule has 0 amide bonds. The Labute approximate surface area is 138 Å². The number of nitrogens with two attached hydrogens (primary N) is 1. The zero-order valence-electron chi connectivity index (χ0n) is 13.9. The van der Waals surface area contributed by atoms with Crippen LogP contribution >= 0.6 is 0 Å². The lowest BCUT2D eigenvalue weighted by atomic mass is 10.0. The Morgan fingerprint density at radius 2 is 2.26 bits per heavy atom. The summed E-state index contributed by atoms with van der Waals surface area (Å²) >= 11 is 0. The van der Waals surface area contributed by atoms with Gasteiger partial charge < -0.3 is 9.42 Å². The van der Waals surface area contributed by atoms with Crippen LogP contribution in [0.15, 0.2) is 4.52 Å². The molecule has 0 saturated carbocycles. The number of aromatic nitrogens is 2. The molecule has 1 fully saturated rings. The number of hydrogen-bond donors (Lipinski definition) is 1. The predicted octanol–water partition coefficient (Wildman–Crippen LogP) is 0.207. The molecule has 2 heterocycles. The summed E-state index contributed by atoms with van der Waals surface area (Å²) in [7, 11) is -1.32. The summed E-state index contributed by atoms with van der Waals surface area (Å²) in [5.41, 5.74) is 0. The Morgan fingerprint density at radius 1 is 1.48 bits per heavy atom. The van der Waals surface area contributed by atoms with Crippen LogP contribution in [0.1, 0.15) is 37.9 Å². The second-order valence-electron chi connectivity index (χ2n) is 6.19. The SMILES string of the molecule is CCc1nc(CN2CCC[C@@H](N(C)CCCS(N)(=O)=O)C2)no1. The van der Waals surface area contributed by atoms with E-state index in [2.05, 4.69) is 19.9 Å². The van der Waals surface area contributed by atoms with E-state index in [0.29, 0.717) is 24.9 Å². The fourth-order valence-electron chi connectivity index (χ4n) is 2.93. The predicted molar refractivity (Wildman–Crippen MR) is 87.2 cm³/mol. The first-order valence-electron chi connectivity index (χ1n) is 8.12. The molecule has 0 bridgehead atoms. The molecule has 132 valence electrons. The van der Waals surface area contributed by atoms with Gasteiger partial charge in [-0.05, 0) is 39.4 Å². The number of likely N-dealkylation sites (N-methyl/N-ethyl adjacent to an activating group) is 1. The monoisotopic (exact) mass is 345 g/mol. The number of piperidine rings is 1. The molecular weight excluding hydrogens is 318 g/mol. The lowest BCUT2D eigenvalue weighted by Gasteiger charge is -2.37. The average molecular weight is 345 g/mol. The van der Waals surface area contributed by atoms with Crippen LogP contribution in [0.4, 0.5) is 0 Å². The summed E-state index contributed by atoms with van der Waals surface area (Å²) in [6, 6.07) is 0.418. The molecule has 0 unspecified atom stereocenters. The van der Waals surface area contributed by atoms with E-state index >= 15 is 0 Å². The van der Waals surface area contributed by atoms with Gasteiger partial charge in [0, 0.05) is 19.0 Å². The Kier molecular flexibility index (Phi) is 6.51. The van der Waals surface area contributed by atoms with E-state index in [1.807, 2.05) is 14.0 Å². The zero-order valence-corrected chi connectivity index (χ0v) is 14.8. The fraction of sp³-hybridized carbons (Fsp3) is 0.857. The number of nitrogens with zero attached hydrogens (tertiary/aromatic N) is 4. The van der Waals surface area contributed by atoms with Gasteiger partial charge in [-0.1, -0.05) is 12.1 Å². The second kappa shape index (κ2) is 8.18. The van der Waals surface area contributed by atoms with Gasteiger partial charge in [-0.3, -0.25) is 4.90 Å². The average Bonchev–Trinajstić information content (AvgIpc) is 2.94. The van der Waals surface area contributed by atoms with Crippen molar-refractivity contribution < 1.29 is 12.9 Å². The summed E-state index contributed by atoms with van der Waals surface area (Å²) in [4.78, 5) is 8.91. The van der Waals surface area contributed by atoms with E-state index in [1.54, 1.807) is 0 Å². The van der Waals surface area contributed by atoms with E-state index in [1.165, 1.54) is 0 Å². The Balaban J connectivity index is 1.80. The topological polar surface area (TPSA) is 106 Å². The minimum Gasteiger partial charge on any atom is -0.339 e. The number of aryl methyl sites for hydroxylation is 1. The molecule has 23 heavy (non-hydrogen) atoms. The number of sulfonamides is 1. The Bertz CT molecular complexity index is 589. The van der Waals surface area contributed by atoms with Crippen molar-refractivity contribution >= 4 is 10.0 Å². The Hall–Kier alpha value is -1.03. The fourth-order valence-corrected chi connectivity index (χ4v) is 3.46. The molecule has 9 heteroatoms. The maximum absolute atomic E-state index is 11.0. The van der Waals surface area contributed by atoms with Crippen LogP contribution in [-0.2, 0) is 23.0 Å². The maximum Gasteiger partial charge on any atom is 0.226 e. The summed E-state index contributed by atoms with van der Waals surface area (Å²) in [6.45, 7) is 5.38. The third-order valence-electron chi connectivity index (χ3n) is 4.22. The van der Waals surface area contributed by atoms with Gasteiger partial charge in [-0.2, -0.15) is 4.98 Å². The zero-order chi connectivity index (χ0) is 16.9. The van der Waals surface area contributed by atoms with Crippen LogP contribution in [-0.4, -0.2) is 66.8 Å². The number of rotatable bonds is 8. The number of hydrogen-bond acceptors (Lipinski definition) is 7. The van der Waals surface area contributed by atoms with Crippen LogP contribution in [0.5, 0.6) is 0 Å². The van der Waals surface area contributed by atoms with Gasteiger partial charge in [-0.15, -0.1) is 0 Å². The van der Waals surface area contributed by atoms with Crippen molar-refractivity contribution in [2.45, 2.75) is 45.2 Å². The summed E-state index contributed by atoms with van der Waals surface area (Å²) in [5.74, 6) is 1.45. The quantitative estimate of drug-likeness (QED) is 0.718. The molecule has 8 nitrogen and oxygen atoms in total. The van der Waals surface area contributed by atoms with Gasteiger partial charge in [0.2, 0.25) is 15.9 Å². The summed E-state index contributed by atoms with van der Waals surface area (Å²) < 4.78 is 27.1. The lowest BCUT2D eigenvalue weighted by Crippen LogP contribution is -2.46. The molecule has 1 aromatic heterocycles. The van der Waals surface area contributed by atoms with Crippen molar-refractivity contribution in [2.75, 3.05) is 32.4 Å². The molecule has 1 aliphatic rings. The van der Waals surface area contributed by atoms with E-state index in [-0.39, 0.29) is 5.75 Å². The molecule has 0 aliphatic carbocycles. The van der Waals surface area contributed by atoms with Crippen LogP contribution in [0.2, 0.25) is 0 Å². The van der Waals surface area contributed by atoms with E-state index in [9.17, 15) is 8.42 Å². The van der Waals surface area contributed by atoms with Crippen molar-refractivity contribution in [3.63, 3.8) is 0 Å². The second-order valence-corrected chi connectivity index (χ2v) is 7.92. The van der Waals surface area contributed by atoms with Crippen LogP contribution in [0.3, 0.4) is 0 Å². The largest absolute Gasteiger partial charge is 0.339 e. The van der Waals surface area contributed by atoms with Gasteiger partial charge >= 0.3 is 0 Å². The third-order valence-corrected chi connectivity index (χ3v) is 5.08. The van der Waals surface area contributed by atoms with Gasteiger partial charge in [0.1, 0.15) is 0 Å². The molecule has 2 rings (SSSR count). The highest BCUT2D eigenvalue weighted by Crippen LogP contribution is 2.17. The van der Waals surface area contributed by atoms with E-state index in [4.69, 9.17) is 9.66 Å². The number of likely N-dealkylation sites (tertiary alicyclic amines) is 1. The first-order valence-corrected chi connectivity index (χ1v) is 9.83. The minimum absolute atomic E-state index is 0.0381. The smallest absolute Gasteiger partial charge is 0.226 e. The molecule has 0 aromatic carbocycles. The highest BCUT2D eigenvalue weighted by Gasteiger charge is 2.24. The van der Waals surface area contributed by atoms with Crippen molar-refractivity contribution in [3.05, 3.63) is 11.7 Å². The summed E-state index contributed by atoms with van der Waals surface area (Å²) in [5, 5.41) is 9.05. The van der Waals surface area contributed by atoms with Crippen LogP contribution in [0, 0.1) is 0 Å². The number of primary sulfonamides is 1. The van der Waals surface area contributed by atoms with Gasteiger partial charge in [0.15, 0.2) is 5.82 Å². The Morgan fingerprint density at radius 3 is 2.91 bits per heavy atom. The molecule has 1 atom stereocenters. The molecule has 1 aromatic rings. The minimum atomic E-state index is -3.37. The highest BCUT2D eigenvalue weighted by atomic mass is 32.2. The van der Waals surface area contributed by atoms with E-state index in [0.717, 1.165) is 44.7 Å².